The van der Waals surface area contributed by atoms with Gasteiger partial charge in [-0.15, -0.1) is 0 Å². The topological polar surface area (TPSA) is 18.5 Å². The molecule has 2 nitrogen and oxygen atoms in total. The number of allylic oxidation sites excluding steroid dienone is 6. The first-order chi connectivity index (χ1) is 5.97. The van der Waals surface area contributed by atoms with Gasteiger partial charge in [0.15, 0.2) is 11.5 Å². The SMILES string of the molecule is C1=COC(=C2C=CC=CO2)C=C1.[Ru]. The van der Waals surface area contributed by atoms with E-state index in [0.717, 1.165) is 11.5 Å². The first-order valence-corrected chi connectivity index (χ1v) is 3.71. The van der Waals surface area contributed by atoms with E-state index >= 15 is 0 Å². The molecule has 0 aromatic heterocycles. The maximum atomic E-state index is 5.22. The molecule has 0 aliphatic carbocycles. The Bertz CT molecular complexity index is 290. The van der Waals surface area contributed by atoms with Gasteiger partial charge >= 0.3 is 0 Å². The molecule has 0 saturated heterocycles. The molecule has 0 bridgehead atoms. The van der Waals surface area contributed by atoms with E-state index in [4.69, 9.17) is 9.47 Å². The van der Waals surface area contributed by atoms with Gasteiger partial charge in [0.05, 0.1) is 12.5 Å². The van der Waals surface area contributed by atoms with Gasteiger partial charge in [0.1, 0.15) is 0 Å². The van der Waals surface area contributed by atoms with Crippen molar-refractivity contribution >= 4 is 0 Å². The van der Waals surface area contributed by atoms with E-state index in [1.54, 1.807) is 12.5 Å². The normalized spacial score (nSPS) is 23.4. The number of rotatable bonds is 0. The molecule has 2 aliphatic rings. The van der Waals surface area contributed by atoms with Gasteiger partial charge in [-0.1, -0.05) is 12.2 Å². The fourth-order valence-electron chi connectivity index (χ4n) is 0.961. The van der Waals surface area contributed by atoms with Gasteiger partial charge in [0, 0.05) is 19.5 Å². The third-order valence-corrected chi connectivity index (χ3v) is 1.51. The predicted molar refractivity (Wildman–Crippen MR) is 45.8 cm³/mol. The smallest absolute Gasteiger partial charge is 0.168 e. The minimum absolute atomic E-state index is 0. The minimum atomic E-state index is 0. The van der Waals surface area contributed by atoms with E-state index in [1.807, 2.05) is 36.5 Å². The van der Waals surface area contributed by atoms with Crippen LogP contribution >= 0.6 is 0 Å². The standard InChI is InChI=1S/C10H8O2.Ru/c1-3-7-11-9(5-1)10-6-2-4-8-12-10;/h1-8H;. The van der Waals surface area contributed by atoms with Crippen LogP contribution in [0.1, 0.15) is 0 Å². The molecule has 3 heteroatoms. The Morgan fingerprint density at radius 1 is 0.692 bits per heavy atom. The van der Waals surface area contributed by atoms with E-state index in [2.05, 4.69) is 0 Å². The van der Waals surface area contributed by atoms with Gasteiger partial charge in [-0.3, -0.25) is 0 Å². The molecule has 0 amide bonds. The van der Waals surface area contributed by atoms with Crippen molar-refractivity contribution in [3.05, 3.63) is 60.5 Å². The summed E-state index contributed by atoms with van der Waals surface area (Å²) in [4.78, 5) is 0. The fourth-order valence-corrected chi connectivity index (χ4v) is 0.961. The van der Waals surface area contributed by atoms with Crippen LogP contribution in [-0.4, -0.2) is 0 Å². The van der Waals surface area contributed by atoms with Crippen molar-refractivity contribution in [2.75, 3.05) is 0 Å². The molecule has 0 spiro atoms. The van der Waals surface area contributed by atoms with Gasteiger partial charge < -0.3 is 9.47 Å². The van der Waals surface area contributed by atoms with Gasteiger partial charge in [0.25, 0.3) is 0 Å². The Morgan fingerprint density at radius 3 is 1.46 bits per heavy atom. The predicted octanol–water partition coefficient (Wildman–Crippen LogP) is 2.40. The quantitative estimate of drug-likeness (QED) is 0.623. The van der Waals surface area contributed by atoms with Crippen LogP contribution in [0.5, 0.6) is 0 Å². The van der Waals surface area contributed by atoms with Crippen LogP contribution in [-0.2, 0) is 29.0 Å². The van der Waals surface area contributed by atoms with Crippen LogP contribution in [0, 0.1) is 0 Å². The van der Waals surface area contributed by atoms with Crippen molar-refractivity contribution in [3.8, 4) is 0 Å². The summed E-state index contributed by atoms with van der Waals surface area (Å²) >= 11 is 0. The average molecular weight is 261 g/mol. The molecular formula is C10H8O2Ru. The zero-order valence-corrected chi connectivity index (χ0v) is 8.53. The molecule has 0 atom stereocenters. The molecular weight excluding hydrogens is 253 g/mol. The molecule has 0 unspecified atom stereocenters. The third kappa shape index (κ3) is 2.43. The molecule has 0 fully saturated rings. The Hall–Kier alpha value is -1.08. The molecule has 0 aromatic rings. The number of hydrogen-bond donors (Lipinski definition) is 0. The molecule has 0 aromatic carbocycles. The van der Waals surface area contributed by atoms with Crippen molar-refractivity contribution in [2.24, 2.45) is 0 Å². The summed E-state index contributed by atoms with van der Waals surface area (Å²) in [5, 5.41) is 0. The van der Waals surface area contributed by atoms with Gasteiger partial charge in [-0.2, -0.15) is 0 Å². The Labute approximate surface area is 89.7 Å². The summed E-state index contributed by atoms with van der Waals surface area (Å²) in [5.74, 6) is 1.47. The Balaban J connectivity index is 0.000000845. The van der Waals surface area contributed by atoms with Gasteiger partial charge in [0.2, 0.25) is 0 Å². The van der Waals surface area contributed by atoms with E-state index in [-0.39, 0.29) is 19.5 Å². The second-order valence-corrected chi connectivity index (χ2v) is 2.34. The zero-order valence-electron chi connectivity index (χ0n) is 6.79. The summed E-state index contributed by atoms with van der Waals surface area (Å²) in [5.41, 5.74) is 0. The second-order valence-electron chi connectivity index (χ2n) is 2.34. The summed E-state index contributed by atoms with van der Waals surface area (Å²) in [6, 6.07) is 0. The van der Waals surface area contributed by atoms with Crippen molar-refractivity contribution in [2.45, 2.75) is 0 Å². The summed E-state index contributed by atoms with van der Waals surface area (Å²) in [6.07, 6.45) is 14.4. The van der Waals surface area contributed by atoms with Crippen molar-refractivity contribution in [1.82, 2.24) is 0 Å². The Morgan fingerprint density at radius 2 is 1.15 bits per heavy atom. The summed E-state index contributed by atoms with van der Waals surface area (Å²) in [7, 11) is 0. The first kappa shape index (κ1) is 10.0. The minimum Gasteiger partial charge on any atom is -0.461 e. The van der Waals surface area contributed by atoms with Crippen LogP contribution in [0.2, 0.25) is 0 Å². The zero-order chi connectivity index (χ0) is 8.23. The van der Waals surface area contributed by atoms with Crippen LogP contribution < -0.4 is 0 Å². The molecule has 2 aliphatic heterocycles. The fraction of sp³-hybridized carbons (Fsp3) is 0. The summed E-state index contributed by atoms with van der Waals surface area (Å²) < 4.78 is 10.4. The maximum Gasteiger partial charge on any atom is 0.168 e. The first-order valence-electron chi connectivity index (χ1n) is 3.71. The van der Waals surface area contributed by atoms with Crippen molar-refractivity contribution in [1.29, 1.82) is 0 Å². The van der Waals surface area contributed by atoms with Crippen molar-refractivity contribution in [3.63, 3.8) is 0 Å². The van der Waals surface area contributed by atoms with Crippen molar-refractivity contribution < 1.29 is 29.0 Å². The molecule has 2 heterocycles. The summed E-state index contributed by atoms with van der Waals surface area (Å²) in [6.45, 7) is 0. The second kappa shape index (κ2) is 4.83. The van der Waals surface area contributed by atoms with Crippen LogP contribution in [0.15, 0.2) is 60.5 Å². The van der Waals surface area contributed by atoms with E-state index in [9.17, 15) is 0 Å². The van der Waals surface area contributed by atoms with Gasteiger partial charge in [-0.05, 0) is 24.3 Å². The molecule has 0 radical (unpaired) electrons. The van der Waals surface area contributed by atoms with Gasteiger partial charge in [-0.25, -0.2) is 0 Å². The molecule has 13 heavy (non-hydrogen) atoms. The van der Waals surface area contributed by atoms with E-state index in [1.165, 1.54) is 0 Å². The van der Waals surface area contributed by atoms with Crippen LogP contribution in [0.3, 0.4) is 0 Å². The monoisotopic (exact) mass is 262 g/mol. The molecule has 2 rings (SSSR count). The maximum absolute atomic E-state index is 5.22. The third-order valence-electron chi connectivity index (χ3n) is 1.51. The number of ether oxygens (including phenoxy) is 2. The molecule has 0 saturated carbocycles. The number of hydrogen-bond acceptors (Lipinski definition) is 2. The van der Waals surface area contributed by atoms with Crippen LogP contribution in [0.4, 0.5) is 0 Å². The van der Waals surface area contributed by atoms with E-state index < -0.39 is 0 Å². The molecule has 68 valence electrons. The molecule has 0 N–H and O–H groups in total. The average Bonchev–Trinajstić information content (AvgIpc) is 2.21. The Kier molecular flexibility index (Phi) is 3.72. The largest absolute Gasteiger partial charge is 0.461 e. The van der Waals surface area contributed by atoms with Crippen LogP contribution in [0.25, 0.3) is 0 Å². The van der Waals surface area contributed by atoms with E-state index in [0.29, 0.717) is 0 Å².